The van der Waals surface area contributed by atoms with Crippen LogP contribution in [0.5, 0.6) is 0 Å². The fourth-order valence-corrected chi connectivity index (χ4v) is 2.03. The number of ether oxygens (including phenoxy) is 1. The number of aliphatic hydroxyl groups is 3. The lowest BCUT2D eigenvalue weighted by Gasteiger charge is -2.40. The third-order valence-corrected chi connectivity index (χ3v) is 3.29. The van der Waals surface area contributed by atoms with Crippen LogP contribution >= 0.6 is 0 Å². The second kappa shape index (κ2) is 6.76. The number of rotatable bonds is 5. The molecule has 1 fully saturated rings. The van der Waals surface area contributed by atoms with Crippen LogP contribution in [0.25, 0.3) is 0 Å². The van der Waals surface area contributed by atoms with Gasteiger partial charge in [0, 0.05) is 18.5 Å². The zero-order chi connectivity index (χ0) is 14.7. The lowest BCUT2D eigenvalue weighted by Crippen LogP contribution is -2.62. The van der Waals surface area contributed by atoms with Gasteiger partial charge < -0.3 is 25.4 Å². The van der Waals surface area contributed by atoms with E-state index in [0.29, 0.717) is 6.54 Å². The lowest BCUT2D eigenvalue weighted by molar-refractivity contribution is -0.219. The summed E-state index contributed by atoms with van der Waals surface area (Å²) in [4.78, 5) is 11.9. The number of aliphatic hydroxyl groups excluding tert-OH is 3. The molecule has 0 amide bonds. The van der Waals surface area contributed by atoms with Gasteiger partial charge in [0.2, 0.25) is 0 Å². The van der Waals surface area contributed by atoms with Crippen molar-refractivity contribution in [3.05, 3.63) is 0 Å². The summed E-state index contributed by atoms with van der Waals surface area (Å²) in [6.45, 7) is 7.60. The molecule has 0 radical (unpaired) electrons. The predicted octanol–water partition coefficient (Wildman–Crippen LogP) is -0.940. The van der Waals surface area contributed by atoms with E-state index >= 15 is 0 Å². The molecule has 0 bridgehead atoms. The number of ketones is 1. The van der Waals surface area contributed by atoms with Crippen LogP contribution in [0.2, 0.25) is 0 Å². The van der Waals surface area contributed by atoms with E-state index in [1.165, 1.54) is 0 Å². The number of carbonyl (C=O) groups is 1. The summed E-state index contributed by atoms with van der Waals surface area (Å²) in [6, 6.07) is 0.194. The summed E-state index contributed by atoms with van der Waals surface area (Å²) in [7, 11) is 0. The molecule has 1 heterocycles. The van der Waals surface area contributed by atoms with E-state index in [1.54, 1.807) is 13.8 Å². The Morgan fingerprint density at radius 2 is 1.68 bits per heavy atom. The molecule has 112 valence electrons. The van der Waals surface area contributed by atoms with Gasteiger partial charge in [-0.1, -0.05) is 27.7 Å². The summed E-state index contributed by atoms with van der Waals surface area (Å²) in [5, 5.41) is 32.6. The van der Waals surface area contributed by atoms with Crippen LogP contribution in [-0.4, -0.2) is 64.2 Å². The highest BCUT2D eigenvalue weighted by atomic mass is 16.5. The molecule has 0 spiro atoms. The summed E-state index contributed by atoms with van der Waals surface area (Å²) in [6.07, 6.45) is -5.77. The van der Waals surface area contributed by atoms with Crippen molar-refractivity contribution in [2.75, 3.05) is 6.54 Å². The molecule has 0 aromatic carbocycles. The van der Waals surface area contributed by atoms with Crippen molar-refractivity contribution >= 4 is 5.78 Å². The normalized spacial score (nSPS) is 35.9. The van der Waals surface area contributed by atoms with Gasteiger partial charge in [0.05, 0.1) is 6.10 Å². The number of carbonyl (C=O) groups excluding carboxylic acids is 1. The smallest absolute Gasteiger partial charge is 0.166 e. The van der Waals surface area contributed by atoms with Crippen molar-refractivity contribution in [1.29, 1.82) is 0 Å². The Morgan fingerprint density at radius 1 is 1.11 bits per heavy atom. The van der Waals surface area contributed by atoms with Crippen molar-refractivity contribution in [1.82, 2.24) is 5.32 Å². The van der Waals surface area contributed by atoms with Crippen molar-refractivity contribution in [3.8, 4) is 0 Å². The largest absolute Gasteiger partial charge is 0.388 e. The first-order valence-electron chi connectivity index (χ1n) is 6.72. The number of hydrogen-bond acceptors (Lipinski definition) is 6. The Hall–Kier alpha value is -0.530. The summed E-state index contributed by atoms with van der Waals surface area (Å²) < 4.78 is 5.48. The lowest BCUT2D eigenvalue weighted by atomic mass is 9.89. The van der Waals surface area contributed by atoms with Crippen LogP contribution in [-0.2, 0) is 9.53 Å². The highest BCUT2D eigenvalue weighted by molar-refractivity contribution is 5.85. The summed E-state index contributed by atoms with van der Waals surface area (Å²) in [5.41, 5.74) is 0. The highest BCUT2D eigenvalue weighted by Crippen LogP contribution is 2.23. The van der Waals surface area contributed by atoms with E-state index in [2.05, 4.69) is 5.32 Å². The third-order valence-electron chi connectivity index (χ3n) is 3.29. The van der Waals surface area contributed by atoms with Gasteiger partial charge in [-0.05, 0) is 0 Å². The molecule has 0 aliphatic carbocycles. The average Bonchev–Trinajstić information content (AvgIpc) is 2.34. The minimum Gasteiger partial charge on any atom is -0.388 e. The van der Waals surface area contributed by atoms with Gasteiger partial charge in [-0.3, -0.25) is 4.79 Å². The Kier molecular flexibility index (Phi) is 5.88. The van der Waals surface area contributed by atoms with Gasteiger partial charge in [0.15, 0.2) is 5.78 Å². The second-order valence-electron chi connectivity index (χ2n) is 5.69. The first-order valence-corrected chi connectivity index (χ1v) is 6.72. The van der Waals surface area contributed by atoms with Crippen LogP contribution in [0.15, 0.2) is 0 Å². The van der Waals surface area contributed by atoms with E-state index in [0.717, 1.165) is 0 Å². The molecule has 4 N–H and O–H groups in total. The quantitative estimate of drug-likeness (QED) is 0.517. The zero-order valence-corrected chi connectivity index (χ0v) is 11.9. The molecule has 5 atom stereocenters. The van der Waals surface area contributed by atoms with Gasteiger partial charge in [-0.2, -0.15) is 0 Å². The SMILES string of the molecule is CC(C)NCC1OC(C(=O)C(C)C)C(O)C(O)C1O. The molecule has 0 aromatic rings. The standard InChI is InChI=1S/C13H25NO5/c1-6(2)9(15)13-12(18)11(17)10(16)8(19-13)5-14-7(3)4/h6-8,10-14,16-18H,5H2,1-4H3. The maximum atomic E-state index is 11.9. The van der Waals surface area contributed by atoms with Crippen LogP contribution in [0.1, 0.15) is 27.7 Å². The molecule has 19 heavy (non-hydrogen) atoms. The van der Waals surface area contributed by atoms with E-state index < -0.39 is 30.5 Å². The maximum Gasteiger partial charge on any atom is 0.166 e. The summed E-state index contributed by atoms with van der Waals surface area (Å²) in [5.74, 6) is -0.575. The average molecular weight is 275 g/mol. The van der Waals surface area contributed by atoms with Crippen molar-refractivity contribution in [2.45, 2.75) is 64.3 Å². The molecule has 1 aliphatic heterocycles. The van der Waals surface area contributed by atoms with E-state index in [-0.39, 0.29) is 17.7 Å². The molecular formula is C13H25NO5. The van der Waals surface area contributed by atoms with Crippen molar-refractivity contribution in [3.63, 3.8) is 0 Å². The minimum atomic E-state index is -1.39. The predicted molar refractivity (Wildman–Crippen MR) is 69.7 cm³/mol. The number of hydrogen-bond donors (Lipinski definition) is 4. The number of nitrogens with one attached hydrogen (secondary N) is 1. The van der Waals surface area contributed by atoms with E-state index in [1.807, 2.05) is 13.8 Å². The molecule has 6 nitrogen and oxygen atoms in total. The van der Waals surface area contributed by atoms with Crippen LogP contribution in [0.4, 0.5) is 0 Å². The van der Waals surface area contributed by atoms with Gasteiger partial charge in [0.25, 0.3) is 0 Å². The van der Waals surface area contributed by atoms with Gasteiger partial charge in [-0.25, -0.2) is 0 Å². The molecule has 1 aliphatic rings. The Balaban J connectivity index is 2.76. The van der Waals surface area contributed by atoms with Crippen LogP contribution in [0, 0.1) is 5.92 Å². The second-order valence-corrected chi connectivity index (χ2v) is 5.69. The molecule has 5 unspecified atom stereocenters. The van der Waals surface area contributed by atoms with E-state index in [4.69, 9.17) is 4.74 Å². The number of Topliss-reactive ketones (excluding diaryl/α,β-unsaturated/α-hetero) is 1. The van der Waals surface area contributed by atoms with Crippen LogP contribution in [0.3, 0.4) is 0 Å². The Bertz CT molecular complexity index is 307. The first-order chi connectivity index (χ1) is 8.75. The fraction of sp³-hybridized carbons (Fsp3) is 0.923. The Labute approximate surface area is 113 Å². The maximum absolute atomic E-state index is 11.9. The van der Waals surface area contributed by atoms with E-state index in [9.17, 15) is 20.1 Å². The topological polar surface area (TPSA) is 99.0 Å². The minimum absolute atomic E-state index is 0.194. The van der Waals surface area contributed by atoms with Gasteiger partial charge >= 0.3 is 0 Å². The molecule has 1 rings (SSSR count). The molecule has 6 heteroatoms. The van der Waals surface area contributed by atoms with Crippen LogP contribution < -0.4 is 5.32 Å². The van der Waals surface area contributed by atoms with Gasteiger partial charge in [-0.15, -0.1) is 0 Å². The van der Waals surface area contributed by atoms with Gasteiger partial charge in [0.1, 0.15) is 24.4 Å². The molecule has 0 aromatic heterocycles. The summed E-state index contributed by atoms with van der Waals surface area (Å²) >= 11 is 0. The fourth-order valence-electron chi connectivity index (χ4n) is 2.03. The Morgan fingerprint density at radius 3 is 2.16 bits per heavy atom. The highest BCUT2D eigenvalue weighted by Gasteiger charge is 2.46. The molecular weight excluding hydrogens is 250 g/mol. The molecule has 1 saturated heterocycles. The third kappa shape index (κ3) is 3.97. The van der Waals surface area contributed by atoms with Crippen molar-refractivity contribution < 1.29 is 24.9 Å². The molecule has 0 saturated carbocycles. The zero-order valence-electron chi connectivity index (χ0n) is 11.9. The first kappa shape index (κ1) is 16.5. The van der Waals surface area contributed by atoms with Crippen molar-refractivity contribution in [2.24, 2.45) is 5.92 Å². The monoisotopic (exact) mass is 275 g/mol.